The summed E-state index contributed by atoms with van der Waals surface area (Å²) < 4.78 is 0. The summed E-state index contributed by atoms with van der Waals surface area (Å²) in [7, 11) is 0. The summed E-state index contributed by atoms with van der Waals surface area (Å²) in [5, 5.41) is 20.2. The largest absolute Gasteiger partial charge is 0.507 e. The standard InChI is InChI=1S/C23H22O4/c1-11-5-4-6-16-19(11)13(3)20-12(2)15-8-7-14(18(25)10-24)9-17(15)23(27)21(20)22(16)26/h4-6,14,24,27H,3,7-10H2,1-2H3. The second-order valence-corrected chi connectivity index (χ2v) is 7.55. The second-order valence-electron chi connectivity index (χ2n) is 7.55. The minimum Gasteiger partial charge on any atom is -0.507 e. The van der Waals surface area contributed by atoms with Crippen LogP contribution in [0.25, 0.3) is 5.57 Å². The summed E-state index contributed by atoms with van der Waals surface area (Å²) in [6.07, 6.45) is 1.64. The van der Waals surface area contributed by atoms with Crippen molar-refractivity contribution in [2.75, 3.05) is 6.61 Å². The molecule has 2 aliphatic carbocycles. The predicted octanol–water partition coefficient (Wildman–Crippen LogP) is 3.28. The summed E-state index contributed by atoms with van der Waals surface area (Å²) in [5.41, 5.74) is 6.81. The molecule has 0 heterocycles. The first-order chi connectivity index (χ1) is 12.9. The molecule has 1 atom stereocenters. The average Bonchev–Trinajstić information content (AvgIpc) is 2.67. The van der Waals surface area contributed by atoms with Crippen molar-refractivity contribution in [3.63, 3.8) is 0 Å². The highest BCUT2D eigenvalue weighted by Crippen LogP contribution is 2.47. The number of hydrogen-bond acceptors (Lipinski definition) is 4. The maximum Gasteiger partial charge on any atom is 0.198 e. The van der Waals surface area contributed by atoms with Gasteiger partial charge in [-0.2, -0.15) is 0 Å². The molecule has 4 rings (SSSR count). The van der Waals surface area contributed by atoms with Gasteiger partial charge in [0.25, 0.3) is 0 Å². The van der Waals surface area contributed by atoms with Crippen molar-refractivity contribution in [1.82, 2.24) is 0 Å². The fourth-order valence-electron chi connectivity index (χ4n) is 4.72. The lowest BCUT2D eigenvalue weighted by atomic mass is 9.72. The number of hydrogen-bond donors (Lipinski definition) is 2. The Labute approximate surface area is 158 Å². The Morgan fingerprint density at radius 3 is 2.63 bits per heavy atom. The van der Waals surface area contributed by atoms with Crippen LogP contribution in [-0.2, 0) is 17.6 Å². The minimum atomic E-state index is -0.493. The number of Topliss-reactive ketones (excluding diaryl/α,β-unsaturated/α-hetero) is 1. The number of ketones is 2. The quantitative estimate of drug-likeness (QED) is 0.734. The molecule has 0 spiro atoms. The molecule has 2 aliphatic rings. The number of aromatic hydroxyl groups is 1. The van der Waals surface area contributed by atoms with Crippen molar-refractivity contribution in [3.8, 4) is 5.75 Å². The number of phenolic OH excluding ortho intramolecular Hbond substituents is 1. The highest BCUT2D eigenvalue weighted by molar-refractivity contribution is 6.21. The summed E-state index contributed by atoms with van der Waals surface area (Å²) in [4.78, 5) is 25.2. The van der Waals surface area contributed by atoms with Crippen LogP contribution in [0.1, 0.15) is 55.7 Å². The molecule has 2 aromatic rings. The van der Waals surface area contributed by atoms with Crippen molar-refractivity contribution in [2.45, 2.75) is 33.1 Å². The van der Waals surface area contributed by atoms with Gasteiger partial charge < -0.3 is 10.2 Å². The molecule has 0 amide bonds. The van der Waals surface area contributed by atoms with E-state index in [1.54, 1.807) is 6.07 Å². The average molecular weight is 362 g/mol. The van der Waals surface area contributed by atoms with Crippen LogP contribution < -0.4 is 0 Å². The molecular formula is C23H22O4. The number of benzene rings is 2. The lowest BCUT2D eigenvalue weighted by Crippen LogP contribution is -2.27. The molecule has 0 radical (unpaired) electrons. The molecule has 0 aliphatic heterocycles. The fourth-order valence-corrected chi connectivity index (χ4v) is 4.72. The van der Waals surface area contributed by atoms with Crippen LogP contribution in [0.15, 0.2) is 24.8 Å². The van der Waals surface area contributed by atoms with Crippen LogP contribution in [-0.4, -0.2) is 28.4 Å². The number of aryl methyl sites for hydroxylation is 1. The van der Waals surface area contributed by atoms with E-state index in [0.29, 0.717) is 36.0 Å². The van der Waals surface area contributed by atoms with Crippen LogP contribution >= 0.6 is 0 Å². The summed E-state index contributed by atoms with van der Waals surface area (Å²) in [5.74, 6) is -0.760. The minimum absolute atomic E-state index is 0.0284. The molecule has 0 saturated heterocycles. The van der Waals surface area contributed by atoms with Crippen molar-refractivity contribution in [1.29, 1.82) is 0 Å². The molecule has 4 nitrogen and oxygen atoms in total. The number of aliphatic hydroxyl groups excluding tert-OH is 1. The van der Waals surface area contributed by atoms with Gasteiger partial charge in [0.2, 0.25) is 0 Å². The smallest absolute Gasteiger partial charge is 0.198 e. The monoisotopic (exact) mass is 362 g/mol. The Morgan fingerprint density at radius 2 is 1.93 bits per heavy atom. The third-order valence-electron chi connectivity index (χ3n) is 6.12. The zero-order valence-electron chi connectivity index (χ0n) is 15.6. The zero-order valence-corrected chi connectivity index (χ0v) is 15.6. The van der Waals surface area contributed by atoms with E-state index in [9.17, 15) is 19.8 Å². The van der Waals surface area contributed by atoms with Crippen LogP contribution in [0, 0.1) is 19.8 Å². The van der Waals surface area contributed by atoms with Crippen LogP contribution in [0.4, 0.5) is 0 Å². The molecule has 1 unspecified atom stereocenters. The maximum atomic E-state index is 13.2. The SMILES string of the molecule is C=C1c2c(C)cccc2C(=O)c2c(O)c3c(c(C)c21)CCC(C(=O)CO)C3. The molecule has 0 fully saturated rings. The van der Waals surface area contributed by atoms with Crippen LogP contribution in [0.3, 0.4) is 0 Å². The van der Waals surface area contributed by atoms with E-state index < -0.39 is 6.61 Å². The van der Waals surface area contributed by atoms with E-state index in [0.717, 1.165) is 33.4 Å². The van der Waals surface area contributed by atoms with E-state index in [2.05, 4.69) is 6.58 Å². The lowest BCUT2D eigenvalue weighted by molar-refractivity contribution is -0.125. The van der Waals surface area contributed by atoms with Gasteiger partial charge in [0.15, 0.2) is 11.6 Å². The third-order valence-corrected chi connectivity index (χ3v) is 6.12. The first kappa shape index (κ1) is 17.7. The van der Waals surface area contributed by atoms with Crippen molar-refractivity contribution in [2.24, 2.45) is 5.92 Å². The number of phenols is 1. The molecule has 0 aromatic heterocycles. The number of aliphatic hydroxyl groups is 1. The summed E-state index contributed by atoms with van der Waals surface area (Å²) >= 11 is 0. The molecule has 27 heavy (non-hydrogen) atoms. The number of fused-ring (bicyclic) bond motifs is 3. The predicted molar refractivity (Wildman–Crippen MR) is 103 cm³/mol. The van der Waals surface area contributed by atoms with Crippen LogP contribution in [0.5, 0.6) is 5.75 Å². The molecule has 138 valence electrons. The van der Waals surface area contributed by atoms with Crippen molar-refractivity contribution >= 4 is 17.1 Å². The van der Waals surface area contributed by atoms with E-state index in [1.165, 1.54) is 0 Å². The number of carbonyl (C=O) groups excluding carboxylic acids is 2. The Morgan fingerprint density at radius 1 is 1.19 bits per heavy atom. The second kappa shape index (κ2) is 6.17. The molecule has 4 heteroatoms. The van der Waals surface area contributed by atoms with Crippen molar-refractivity contribution < 1.29 is 19.8 Å². The highest BCUT2D eigenvalue weighted by atomic mass is 16.3. The molecular weight excluding hydrogens is 340 g/mol. The maximum absolute atomic E-state index is 13.2. The zero-order chi connectivity index (χ0) is 19.5. The Hall–Kier alpha value is -2.72. The normalized spacial score (nSPS) is 18.0. The van der Waals surface area contributed by atoms with Gasteiger partial charge in [-0.25, -0.2) is 0 Å². The highest BCUT2D eigenvalue weighted by Gasteiger charge is 2.36. The third kappa shape index (κ3) is 2.40. The van der Waals surface area contributed by atoms with Gasteiger partial charge in [0.05, 0.1) is 5.56 Å². The van der Waals surface area contributed by atoms with Gasteiger partial charge in [0.1, 0.15) is 12.4 Å². The van der Waals surface area contributed by atoms with Gasteiger partial charge in [-0.1, -0.05) is 24.8 Å². The van der Waals surface area contributed by atoms with E-state index in [-0.39, 0.29) is 23.2 Å². The van der Waals surface area contributed by atoms with E-state index in [4.69, 9.17) is 0 Å². The van der Waals surface area contributed by atoms with Crippen molar-refractivity contribution in [3.05, 3.63) is 69.3 Å². The molecule has 2 N–H and O–H groups in total. The first-order valence-corrected chi connectivity index (χ1v) is 9.21. The van der Waals surface area contributed by atoms with Gasteiger partial charge in [0, 0.05) is 11.5 Å². The number of rotatable bonds is 2. The molecule has 0 saturated carbocycles. The summed E-state index contributed by atoms with van der Waals surface area (Å²) in [6.45, 7) is 7.68. The van der Waals surface area contributed by atoms with Gasteiger partial charge in [-0.15, -0.1) is 0 Å². The van der Waals surface area contributed by atoms with E-state index in [1.807, 2.05) is 26.0 Å². The lowest BCUT2D eigenvalue weighted by Gasteiger charge is -2.31. The van der Waals surface area contributed by atoms with Crippen LogP contribution in [0.2, 0.25) is 0 Å². The Balaban J connectivity index is 1.95. The Kier molecular flexibility index (Phi) is 4.04. The Bertz CT molecular complexity index is 1030. The molecule has 0 bridgehead atoms. The fraction of sp³-hybridized carbons (Fsp3) is 0.304. The summed E-state index contributed by atoms with van der Waals surface area (Å²) in [6, 6.07) is 5.56. The number of carbonyl (C=O) groups is 2. The van der Waals surface area contributed by atoms with E-state index >= 15 is 0 Å². The van der Waals surface area contributed by atoms with Gasteiger partial charge in [-0.3, -0.25) is 9.59 Å². The first-order valence-electron chi connectivity index (χ1n) is 9.21. The van der Waals surface area contributed by atoms with Gasteiger partial charge in [-0.05, 0) is 72.1 Å². The topological polar surface area (TPSA) is 74.6 Å². The molecule has 2 aromatic carbocycles. The van der Waals surface area contributed by atoms with Gasteiger partial charge >= 0.3 is 0 Å².